The minimum Gasteiger partial charge on any atom is -0.497 e. The van der Waals surface area contributed by atoms with Crippen LogP contribution in [0.1, 0.15) is 12.8 Å². The smallest absolute Gasteiger partial charge is 0.497 e. The normalized spacial score (nSPS) is 13.2. The van der Waals surface area contributed by atoms with E-state index in [2.05, 4.69) is 14.8 Å². The molecule has 0 bridgehead atoms. The highest BCUT2D eigenvalue weighted by Crippen LogP contribution is 2.34. The zero-order valence-electron chi connectivity index (χ0n) is 19.6. The molecule has 0 spiro atoms. The van der Waals surface area contributed by atoms with Crippen LogP contribution in [0.25, 0.3) is 17.1 Å². The SMILES string of the molecule is COc1ccc(OC(=O)N(c2ccc(-c3ncn(-c4ccc(OC(F)(F)F)cc4)n3)cc2)C2CC2)cc1. The molecule has 1 fully saturated rings. The average Bonchev–Trinajstić information content (AvgIpc) is 3.58. The highest BCUT2D eigenvalue weighted by atomic mass is 19.4. The number of aromatic nitrogens is 3. The van der Waals surface area contributed by atoms with Gasteiger partial charge in [-0.05, 0) is 85.6 Å². The lowest BCUT2D eigenvalue weighted by molar-refractivity contribution is -0.274. The van der Waals surface area contributed by atoms with Gasteiger partial charge in [0.2, 0.25) is 0 Å². The van der Waals surface area contributed by atoms with Crippen molar-refractivity contribution in [2.75, 3.05) is 12.0 Å². The van der Waals surface area contributed by atoms with Crippen LogP contribution in [0.15, 0.2) is 79.1 Å². The maximum absolute atomic E-state index is 12.9. The Morgan fingerprint density at radius 1 is 0.919 bits per heavy atom. The first kappa shape index (κ1) is 24.2. The first-order chi connectivity index (χ1) is 17.8. The lowest BCUT2D eigenvalue weighted by Gasteiger charge is -2.22. The third-order valence-corrected chi connectivity index (χ3v) is 5.60. The summed E-state index contributed by atoms with van der Waals surface area (Å²) in [5, 5.41) is 4.41. The molecule has 1 aromatic heterocycles. The molecular formula is C26H21F3N4O4. The van der Waals surface area contributed by atoms with E-state index < -0.39 is 12.5 Å². The maximum Gasteiger partial charge on any atom is 0.573 e. The molecule has 1 aliphatic carbocycles. The van der Waals surface area contributed by atoms with Gasteiger partial charge in [0.25, 0.3) is 0 Å². The zero-order chi connectivity index (χ0) is 26.0. The van der Waals surface area contributed by atoms with Crippen LogP contribution >= 0.6 is 0 Å². The third kappa shape index (κ3) is 5.83. The number of ether oxygens (including phenoxy) is 3. The van der Waals surface area contributed by atoms with E-state index in [-0.39, 0.29) is 11.8 Å². The summed E-state index contributed by atoms with van der Waals surface area (Å²) in [5.74, 6) is 1.18. The Kier molecular flexibility index (Phi) is 6.43. The predicted octanol–water partition coefficient (Wildman–Crippen LogP) is 6.01. The number of rotatable bonds is 7. The second-order valence-electron chi connectivity index (χ2n) is 8.25. The van der Waals surface area contributed by atoms with Crippen molar-refractivity contribution >= 4 is 11.8 Å². The van der Waals surface area contributed by atoms with E-state index in [0.717, 1.165) is 12.8 Å². The highest BCUT2D eigenvalue weighted by Gasteiger charge is 2.35. The quantitative estimate of drug-likeness (QED) is 0.303. The second kappa shape index (κ2) is 9.84. The molecule has 4 aromatic rings. The van der Waals surface area contributed by atoms with Gasteiger partial charge < -0.3 is 14.2 Å². The molecule has 0 saturated heterocycles. The number of amides is 1. The Balaban J connectivity index is 1.29. The molecule has 0 unspecified atom stereocenters. The molecule has 0 N–H and O–H groups in total. The first-order valence-corrected chi connectivity index (χ1v) is 11.3. The van der Waals surface area contributed by atoms with Crippen LogP contribution in [0.3, 0.4) is 0 Å². The van der Waals surface area contributed by atoms with Gasteiger partial charge in [-0.25, -0.2) is 14.5 Å². The number of anilines is 1. The van der Waals surface area contributed by atoms with Crippen LogP contribution in [-0.2, 0) is 0 Å². The number of halogens is 3. The van der Waals surface area contributed by atoms with Crippen LogP contribution < -0.4 is 19.1 Å². The zero-order valence-corrected chi connectivity index (χ0v) is 19.6. The van der Waals surface area contributed by atoms with Crippen LogP contribution in [0, 0.1) is 0 Å². The maximum atomic E-state index is 12.9. The highest BCUT2D eigenvalue weighted by molar-refractivity contribution is 5.90. The third-order valence-electron chi connectivity index (χ3n) is 5.60. The molecule has 11 heteroatoms. The topological polar surface area (TPSA) is 78.7 Å². The second-order valence-corrected chi connectivity index (χ2v) is 8.25. The van der Waals surface area contributed by atoms with Crippen molar-refractivity contribution in [3.05, 3.63) is 79.1 Å². The number of nitrogens with zero attached hydrogens (tertiary/aromatic N) is 4. The number of carbonyl (C=O) groups excluding carboxylic acids is 1. The van der Waals surface area contributed by atoms with Gasteiger partial charge in [0.1, 0.15) is 23.6 Å². The molecule has 0 radical (unpaired) electrons. The summed E-state index contributed by atoms with van der Waals surface area (Å²) in [5.41, 5.74) is 1.91. The predicted molar refractivity (Wildman–Crippen MR) is 128 cm³/mol. The molecule has 0 atom stereocenters. The number of hydrogen-bond acceptors (Lipinski definition) is 6. The lowest BCUT2D eigenvalue weighted by Crippen LogP contribution is -2.35. The van der Waals surface area contributed by atoms with Gasteiger partial charge in [-0.3, -0.25) is 4.90 Å². The standard InChI is InChI=1S/C26H21F3N4O4/c1-35-21-12-14-22(15-13-21)36-25(34)33(20-6-7-20)19-4-2-17(3-5-19)24-30-16-32(31-24)18-8-10-23(11-9-18)37-26(27,28)29/h2-5,8-16,20H,6-7H2,1H3. The van der Waals surface area contributed by atoms with Gasteiger partial charge in [0, 0.05) is 17.3 Å². The fourth-order valence-corrected chi connectivity index (χ4v) is 3.68. The molecule has 190 valence electrons. The van der Waals surface area contributed by atoms with Crippen LogP contribution in [-0.4, -0.2) is 40.4 Å². The van der Waals surface area contributed by atoms with Gasteiger partial charge in [0.05, 0.1) is 12.8 Å². The van der Waals surface area contributed by atoms with E-state index >= 15 is 0 Å². The molecule has 1 heterocycles. The molecule has 3 aromatic carbocycles. The van der Waals surface area contributed by atoms with E-state index in [9.17, 15) is 18.0 Å². The molecular weight excluding hydrogens is 489 g/mol. The molecule has 0 aliphatic heterocycles. The minimum absolute atomic E-state index is 0.0678. The molecule has 37 heavy (non-hydrogen) atoms. The van der Waals surface area contributed by atoms with E-state index in [1.54, 1.807) is 60.5 Å². The van der Waals surface area contributed by atoms with Crippen molar-refractivity contribution in [1.82, 2.24) is 14.8 Å². The molecule has 5 rings (SSSR count). The van der Waals surface area contributed by atoms with Crippen molar-refractivity contribution in [1.29, 1.82) is 0 Å². The minimum atomic E-state index is -4.75. The van der Waals surface area contributed by atoms with Crippen LogP contribution in [0.4, 0.5) is 23.7 Å². The van der Waals surface area contributed by atoms with Gasteiger partial charge in [-0.2, -0.15) is 0 Å². The summed E-state index contributed by atoms with van der Waals surface area (Å²) < 4.78 is 53.1. The Labute approximate surface area is 209 Å². The Morgan fingerprint density at radius 2 is 1.54 bits per heavy atom. The summed E-state index contributed by atoms with van der Waals surface area (Å²) in [6.45, 7) is 0. The molecule has 1 amide bonds. The van der Waals surface area contributed by atoms with E-state index in [1.165, 1.54) is 35.3 Å². The molecule has 1 saturated carbocycles. The van der Waals surface area contributed by atoms with Gasteiger partial charge >= 0.3 is 12.5 Å². The Morgan fingerprint density at radius 3 is 2.14 bits per heavy atom. The number of benzene rings is 3. The number of carbonyl (C=O) groups is 1. The fourth-order valence-electron chi connectivity index (χ4n) is 3.68. The van der Waals surface area contributed by atoms with Crippen molar-refractivity contribution in [3.8, 4) is 34.3 Å². The Hall–Kier alpha value is -4.54. The van der Waals surface area contributed by atoms with Crippen molar-refractivity contribution in [2.45, 2.75) is 25.2 Å². The van der Waals surface area contributed by atoms with E-state index in [4.69, 9.17) is 9.47 Å². The first-order valence-electron chi connectivity index (χ1n) is 11.3. The van der Waals surface area contributed by atoms with Gasteiger partial charge in [-0.15, -0.1) is 18.3 Å². The Bertz CT molecular complexity index is 1370. The summed E-state index contributed by atoms with van der Waals surface area (Å²) in [6.07, 6.45) is -1.99. The van der Waals surface area contributed by atoms with E-state index in [0.29, 0.717) is 34.3 Å². The van der Waals surface area contributed by atoms with Gasteiger partial charge in [-0.1, -0.05) is 0 Å². The number of alkyl halides is 3. The van der Waals surface area contributed by atoms with Crippen LogP contribution in [0.2, 0.25) is 0 Å². The van der Waals surface area contributed by atoms with Crippen molar-refractivity contribution < 1.29 is 32.2 Å². The van der Waals surface area contributed by atoms with E-state index in [1.807, 2.05) is 0 Å². The molecule has 8 nitrogen and oxygen atoms in total. The monoisotopic (exact) mass is 510 g/mol. The van der Waals surface area contributed by atoms with Crippen molar-refractivity contribution in [3.63, 3.8) is 0 Å². The largest absolute Gasteiger partial charge is 0.573 e. The van der Waals surface area contributed by atoms with Gasteiger partial charge in [0.15, 0.2) is 5.82 Å². The number of methoxy groups -OCH3 is 1. The average molecular weight is 510 g/mol. The van der Waals surface area contributed by atoms with Crippen LogP contribution in [0.5, 0.6) is 17.2 Å². The summed E-state index contributed by atoms with van der Waals surface area (Å²) in [7, 11) is 1.56. The summed E-state index contributed by atoms with van der Waals surface area (Å²) in [6, 6.07) is 19.3. The van der Waals surface area contributed by atoms with Crippen molar-refractivity contribution in [2.24, 2.45) is 0 Å². The fraction of sp³-hybridized carbons (Fsp3) is 0.192. The molecule has 1 aliphatic rings. The number of hydrogen-bond donors (Lipinski definition) is 0. The lowest BCUT2D eigenvalue weighted by atomic mass is 10.2. The summed E-state index contributed by atoms with van der Waals surface area (Å²) in [4.78, 5) is 18.9. The summed E-state index contributed by atoms with van der Waals surface area (Å²) >= 11 is 0.